The molecule has 0 unspecified atom stereocenters. The average Bonchev–Trinajstić information content (AvgIpc) is 3.40. The third kappa shape index (κ3) is 5.21. The molecule has 2 aromatic rings. The monoisotopic (exact) mass is 422 g/mol. The van der Waals surface area contributed by atoms with E-state index in [1.54, 1.807) is 11.0 Å². The minimum Gasteiger partial charge on any atom is -0.356 e. The second-order valence-corrected chi connectivity index (χ2v) is 8.50. The maximum atomic E-state index is 13.5. The topological polar surface area (TPSA) is 111 Å². The van der Waals surface area contributed by atoms with E-state index in [0.29, 0.717) is 19.5 Å². The fourth-order valence-corrected chi connectivity index (χ4v) is 4.13. The first-order valence-electron chi connectivity index (χ1n) is 9.38. The number of sulfonamides is 1. The van der Waals surface area contributed by atoms with Crippen LogP contribution >= 0.6 is 0 Å². The highest BCUT2D eigenvalue weighted by molar-refractivity contribution is 7.89. The number of aromatic nitrogens is 1. The number of aromatic amines is 1. The van der Waals surface area contributed by atoms with Crippen molar-refractivity contribution in [2.75, 3.05) is 26.2 Å². The SMILES string of the molecule is O=C(NCCCNS(=O)(=O)c1c[nH]c(C(=O)N2CCCC2)c1)c1ccccc1F. The normalized spacial score (nSPS) is 14.2. The van der Waals surface area contributed by atoms with Crippen LogP contribution in [0.1, 0.15) is 40.1 Å². The molecule has 2 amide bonds. The van der Waals surface area contributed by atoms with Gasteiger partial charge in [-0.15, -0.1) is 0 Å². The fourth-order valence-electron chi connectivity index (χ4n) is 3.06. The van der Waals surface area contributed by atoms with Gasteiger partial charge in [-0.1, -0.05) is 12.1 Å². The van der Waals surface area contributed by atoms with E-state index in [9.17, 15) is 22.4 Å². The first-order valence-corrected chi connectivity index (χ1v) is 10.9. The van der Waals surface area contributed by atoms with Gasteiger partial charge in [0.05, 0.1) is 5.56 Å². The zero-order chi connectivity index (χ0) is 20.9. The molecule has 1 saturated heterocycles. The van der Waals surface area contributed by atoms with Crippen molar-refractivity contribution >= 4 is 21.8 Å². The summed E-state index contributed by atoms with van der Waals surface area (Å²) in [6.07, 6.45) is 3.51. The molecule has 8 nitrogen and oxygen atoms in total. The number of hydrogen-bond donors (Lipinski definition) is 3. The van der Waals surface area contributed by atoms with Gasteiger partial charge < -0.3 is 15.2 Å². The lowest BCUT2D eigenvalue weighted by Gasteiger charge is -2.13. The highest BCUT2D eigenvalue weighted by Gasteiger charge is 2.23. The summed E-state index contributed by atoms with van der Waals surface area (Å²) in [6, 6.07) is 6.95. The molecule has 1 fully saturated rings. The molecule has 0 atom stereocenters. The number of nitrogens with one attached hydrogen (secondary N) is 3. The zero-order valence-corrected chi connectivity index (χ0v) is 16.6. The second-order valence-electron chi connectivity index (χ2n) is 6.74. The van der Waals surface area contributed by atoms with Gasteiger partial charge in [0.25, 0.3) is 11.8 Å². The Hall–Kier alpha value is -2.72. The van der Waals surface area contributed by atoms with Crippen LogP contribution in [0.15, 0.2) is 41.4 Å². The van der Waals surface area contributed by atoms with Gasteiger partial charge in [-0.05, 0) is 37.5 Å². The van der Waals surface area contributed by atoms with Gasteiger partial charge in [-0.2, -0.15) is 0 Å². The number of rotatable bonds is 8. The molecule has 0 radical (unpaired) electrons. The minimum absolute atomic E-state index is 0.0181. The quantitative estimate of drug-likeness (QED) is 0.560. The molecule has 3 N–H and O–H groups in total. The molecule has 1 aromatic carbocycles. The Morgan fingerprint density at radius 3 is 2.59 bits per heavy atom. The van der Waals surface area contributed by atoms with Gasteiger partial charge in [0.2, 0.25) is 10.0 Å². The van der Waals surface area contributed by atoms with E-state index in [2.05, 4.69) is 15.0 Å². The van der Waals surface area contributed by atoms with E-state index < -0.39 is 21.7 Å². The number of likely N-dealkylation sites (tertiary alicyclic amines) is 1. The van der Waals surface area contributed by atoms with Crippen LogP contribution < -0.4 is 10.0 Å². The van der Waals surface area contributed by atoms with Gasteiger partial charge in [-0.25, -0.2) is 17.5 Å². The van der Waals surface area contributed by atoms with E-state index in [4.69, 9.17) is 0 Å². The molecule has 1 aliphatic rings. The van der Waals surface area contributed by atoms with Crippen molar-refractivity contribution < 1.29 is 22.4 Å². The summed E-state index contributed by atoms with van der Waals surface area (Å²) >= 11 is 0. The van der Waals surface area contributed by atoms with Crippen molar-refractivity contribution in [3.63, 3.8) is 0 Å². The Labute approximate surface area is 168 Å². The van der Waals surface area contributed by atoms with Gasteiger partial charge in [0.15, 0.2) is 0 Å². The average molecular weight is 422 g/mol. The van der Waals surface area contributed by atoms with Crippen molar-refractivity contribution in [3.05, 3.63) is 53.6 Å². The number of amides is 2. The molecule has 0 spiro atoms. The van der Waals surface area contributed by atoms with Crippen LogP contribution in [0.5, 0.6) is 0 Å². The Morgan fingerprint density at radius 2 is 1.86 bits per heavy atom. The number of hydrogen-bond acceptors (Lipinski definition) is 4. The predicted molar refractivity (Wildman–Crippen MR) is 104 cm³/mol. The molecule has 1 aliphatic heterocycles. The molecule has 3 rings (SSSR count). The summed E-state index contributed by atoms with van der Waals surface area (Å²) < 4.78 is 40.7. The minimum atomic E-state index is -3.78. The van der Waals surface area contributed by atoms with E-state index in [1.165, 1.54) is 30.5 Å². The van der Waals surface area contributed by atoms with Crippen molar-refractivity contribution in [1.82, 2.24) is 19.9 Å². The summed E-state index contributed by atoms with van der Waals surface area (Å²) in [4.78, 5) is 28.6. The van der Waals surface area contributed by atoms with Gasteiger partial charge in [-0.3, -0.25) is 9.59 Å². The number of benzene rings is 1. The highest BCUT2D eigenvalue weighted by Crippen LogP contribution is 2.15. The Bertz CT molecular complexity index is 984. The fraction of sp³-hybridized carbons (Fsp3) is 0.368. The number of nitrogens with zero attached hydrogens (tertiary/aromatic N) is 1. The highest BCUT2D eigenvalue weighted by atomic mass is 32.2. The van der Waals surface area contributed by atoms with Crippen LogP contribution in [0.3, 0.4) is 0 Å². The van der Waals surface area contributed by atoms with Gasteiger partial charge >= 0.3 is 0 Å². The van der Waals surface area contributed by atoms with Crippen LogP contribution in [0.4, 0.5) is 4.39 Å². The van der Waals surface area contributed by atoms with Crippen LogP contribution in [0.25, 0.3) is 0 Å². The van der Waals surface area contributed by atoms with Crippen LogP contribution in [0, 0.1) is 5.82 Å². The summed E-state index contributed by atoms with van der Waals surface area (Å²) in [5, 5.41) is 2.55. The summed E-state index contributed by atoms with van der Waals surface area (Å²) in [6.45, 7) is 1.62. The molecule has 0 bridgehead atoms. The maximum Gasteiger partial charge on any atom is 0.270 e. The number of carbonyl (C=O) groups is 2. The lowest BCUT2D eigenvalue weighted by Crippen LogP contribution is -2.30. The summed E-state index contributed by atoms with van der Waals surface area (Å²) in [5.41, 5.74) is 0.181. The number of carbonyl (C=O) groups excluding carboxylic acids is 2. The molecule has 10 heteroatoms. The lowest BCUT2D eigenvalue weighted by molar-refractivity contribution is 0.0787. The molecule has 29 heavy (non-hydrogen) atoms. The zero-order valence-electron chi connectivity index (χ0n) is 15.8. The molecular weight excluding hydrogens is 399 g/mol. The van der Waals surface area contributed by atoms with E-state index in [1.807, 2.05) is 0 Å². The molecule has 1 aromatic heterocycles. The predicted octanol–water partition coefficient (Wildman–Crippen LogP) is 1.49. The van der Waals surface area contributed by atoms with Gasteiger partial charge in [0, 0.05) is 32.4 Å². The Morgan fingerprint density at radius 1 is 1.14 bits per heavy atom. The second kappa shape index (κ2) is 9.19. The largest absolute Gasteiger partial charge is 0.356 e. The van der Waals surface area contributed by atoms with Crippen LogP contribution in [0.2, 0.25) is 0 Å². The number of halogens is 1. The van der Waals surface area contributed by atoms with Gasteiger partial charge in [0.1, 0.15) is 16.4 Å². The standard InChI is InChI=1S/C19H23FN4O4S/c20-16-7-2-1-6-15(16)18(25)21-8-5-9-23-29(27,28)14-12-17(22-13-14)19(26)24-10-3-4-11-24/h1-2,6-7,12-13,22-23H,3-5,8-11H2,(H,21,25). The van der Waals surface area contributed by atoms with Crippen molar-refractivity contribution in [1.29, 1.82) is 0 Å². The first kappa shape index (κ1) is 21.0. The molecule has 0 saturated carbocycles. The lowest BCUT2D eigenvalue weighted by atomic mass is 10.2. The molecule has 2 heterocycles. The number of H-pyrrole nitrogens is 1. The molecule has 0 aliphatic carbocycles. The summed E-state index contributed by atoms with van der Waals surface area (Å²) in [5.74, 6) is -1.38. The van der Waals surface area contributed by atoms with E-state index in [-0.39, 0.29) is 35.1 Å². The molecule has 156 valence electrons. The van der Waals surface area contributed by atoms with E-state index in [0.717, 1.165) is 12.8 Å². The molecular formula is C19H23FN4O4S. The first-order chi connectivity index (χ1) is 13.9. The third-order valence-corrected chi connectivity index (χ3v) is 6.08. The summed E-state index contributed by atoms with van der Waals surface area (Å²) in [7, 11) is -3.78. The Kier molecular flexibility index (Phi) is 6.65. The van der Waals surface area contributed by atoms with Crippen LogP contribution in [-0.2, 0) is 10.0 Å². The van der Waals surface area contributed by atoms with E-state index >= 15 is 0 Å². The smallest absolute Gasteiger partial charge is 0.270 e. The van der Waals surface area contributed by atoms with Crippen molar-refractivity contribution in [3.8, 4) is 0 Å². The van der Waals surface area contributed by atoms with Crippen LogP contribution in [-0.4, -0.2) is 56.3 Å². The van der Waals surface area contributed by atoms with Crippen molar-refractivity contribution in [2.45, 2.75) is 24.2 Å². The maximum absolute atomic E-state index is 13.5. The Balaban J connectivity index is 1.46. The third-order valence-electron chi connectivity index (χ3n) is 4.64. The van der Waals surface area contributed by atoms with Crippen molar-refractivity contribution in [2.24, 2.45) is 0 Å².